The van der Waals surface area contributed by atoms with Gasteiger partial charge in [0.15, 0.2) is 0 Å². The first-order valence-electron chi connectivity index (χ1n) is 4.60. The van der Waals surface area contributed by atoms with Crippen LogP contribution >= 0.6 is 11.6 Å². The van der Waals surface area contributed by atoms with Crippen molar-refractivity contribution < 1.29 is 4.92 Å². The number of halogens is 1. The van der Waals surface area contributed by atoms with E-state index in [4.69, 9.17) is 17.3 Å². The van der Waals surface area contributed by atoms with Crippen LogP contribution in [0, 0.1) is 17.0 Å². The van der Waals surface area contributed by atoms with Gasteiger partial charge >= 0.3 is 0 Å². The van der Waals surface area contributed by atoms with Crippen molar-refractivity contribution in [3.8, 4) is 0 Å². The van der Waals surface area contributed by atoms with Gasteiger partial charge in [-0.1, -0.05) is 11.6 Å². The number of nitrogens with two attached hydrogens (primary N) is 1. The minimum Gasteiger partial charge on any atom is -0.328 e. The molecule has 0 spiro atoms. The number of nitro groups is 1. The van der Waals surface area contributed by atoms with Crippen molar-refractivity contribution in [1.29, 1.82) is 0 Å². The van der Waals surface area contributed by atoms with E-state index < -0.39 is 4.92 Å². The summed E-state index contributed by atoms with van der Waals surface area (Å²) in [6.45, 7) is 3.70. The van der Waals surface area contributed by atoms with Crippen molar-refractivity contribution in [2.24, 2.45) is 5.73 Å². The molecule has 1 aromatic carbocycles. The SMILES string of the molecule is Cc1cc([N+](=O)[O-])c(Cl)cc1CC(C)N. The van der Waals surface area contributed by atoms with Crippen LogP contribution in [0.2, 0.25) is 5.02 Å². The Morgan fingerprint density at radius 3 is 2.67 bits per heavy atom. The smallest absolute Gasteiger partial charge is 0.288 e. The average Bonchev–Trinajstić information content (AvgIpc) is 2.09. The van der Waals surface area contributed by atoms with E-state index in [0.29, 0.717) is 6.42 Å². The van der Waals surface area contributed by atoms with Crippen molar-refractivity contribution in [3.63, 3.8) is 0 Å². The highest BCUT2D eigenvalue weighted by atomic mass is 35.5. The van der Waals surface area contributed by atoms with Crippen LogP contribution < -0.4 is 5.73 Å². The fourth-order valence-corrected chi connectivity index (χ4v) is 1.67. The Hall–Kier alpha value is -1.13. The molecule has 0 aromatic heterocycles. The second-order valence-electron chi connectivity index (χ2n) is 3.67. The molecule has 0 saturated heterocycles. The van der Waals surface area contributed by atoms with E-state index in [1.54, 1.807) is 6.07 Å². The lowest BCUT2D eigenvalue weighted by atomic mass is 10.0. The molecule has 0 amide bonds. The number of nitro benzene ring substituents is 1. The summed E-state index contributed by atoms with van der Waals surface area (Å²) in [7, 11) is 0. The lowest BCUT2D eigenvalue weighted by Crippen LogP contribution is -2.18. The third-order valence-corrected chi connectivity index (χ3v) is 2.45. The summed E-state index contributed by atoms with van der Waals surface area (Å²) in [5.74, 6) is 0. The van der Waals surface area contributed by atoms with Crippen LogP contribution in [0.4, 0.5) is 5.69 Å². The monoisotopic (exact) mass is 228 g/mol. The number of benzene rings is 1. The molecule has 15 heavy (non-hydrogen) atoms. The minimum atomic E-state index is -0.481. The molecule has 1 unspecified atom stereocenters. The van der Waals surface area contributed by atoms with Gasteiger partial charge in [-0.3, -0.25) is 10.1 Å². The van der Waals surface area contributed by atoms with Gasteiger partial charge in [-0.2, -0.15) is 0 Å². The molecule has 0 aliphatic rings. The normalized spacial score (nSPS) is 12.5. The predicted molar refractivity (Wildman–Crippen MR) is 60.2 cm³/mol. The second kappa shape index (κ2) is 4.59. The van der Waals surface area contributed by atoms with Crippen LogP contribution in [0.3, 0.4) is 0 Å². The third-order valence-electron chi connectivity index (χ3n) is 2.14. The van der Waals surface area contributed by atoms with Crippen LogP contribution in [0.1, 0.15) is 18.1 Å². The maximum atomic E-state index is 10.6. The zero-order valence-corrected chi connectivity index (χ0v) is 9.41. The maximum absolute atomic E-state index is 10.6. The average molecular weight is 229 g/mol. The molecular formula is C10H13ClN2O2. The highest BCUT2D eigenvalue weighted by Gasteiger charge is 2.15. The Labute approximate surface area is 93.2 Å². The molecule has 4 nitrogen and oxygen atoms in total. The molecule has 0 aliphatic carbocycles. The second-order valence-corrected chi connectivity index (χ2v) is 4.08. The molecule has 82 valence electrons. The van der Waals surface area contributed by atoms with Crippen LogP contribution in [-0.4, -0.2) is 11.0 Å². The van der Waals surface area contributed by atoms with Gasteiger partial charge in [0.05, 0.1) is 4.92 Å². The minimum absolute atomic E-state index is 0.0150. The Kier molecular flexibility index (Phi) is 3.66. The molecule has 0 bridgehead atoms. The predicted octanol–water partition coefficient (Wildman–Crippen LogP) is 2.45. The lowest BCUT2D eigenvalue weighted by Gasteiger charge is -2.09. The van der Waals surface area contributed by atoms with Gasteiger partial charge in [0, 0.05) is 12.1 Å². The van der Waals surface area contributed by atoms with E-state index in [2.05, 4.69) is 0 Å². The Morgan fingerprint density at radius 2 is 2.20 bits per heavy atom. The Morgan fingerprint density at radius 1 is 1.60 bits per heavy atom. The summed E-state index contributed by atoms with van der Waals surface area (Å²) in [6, 6.07) is 3.12. The van der Waals surface area contributed by atoms with Gasteiger partial charge in [0.1, 0.15) is 5.02 Å². The third kappa shape index (κ3) is 2.91. The number of nitrogens with zero attached hydrogens (tertiary/aromatic N) is 1. The van der Waals surface area contributed by atoms with Crippen molar-refractivity contribution in [2.45, 2.75) is 26.3 Å². The van der Waals surface area contributed by atoms with E-state index in [9.17, 15) is 10.1 Å². The van der Waals surface area contributed by atoms with Crippen LogP contribution in [0.5, 0.6) is 0 Å². The highest BCUT2D eigenvalue weighted by Crippen LogP contribution is 2.28. The number of hydrogen-bond acceptors (Lipinski definition) is 3. The van der Waals surface area contributed by atoms with Gasteiger partial charge in [-0.05, 0) is 37.5 Å². The largest absolute Gasteiger partial charge is 0.328 e. The van der Waals surface area contributed by atoms with Crippen molar-refractivity contribution >= 4 is 17.3 Å². The van der Waals surface area contributed by atoms with E-state index in [-0.39, 0.29) is 16.8 Å². The van der Waals surface area contributed by atoms with Gasteiger partial charge in [-0.15, -0.1) is 0 Å². The first kappa shape index (κ1) is 11.9. The summed E-state index contributed by atoms with van der Waals surface area (Å²) in [4.78, 5) is 10.1. The van der Waals surface area contributed by atoms with Gasteiger partial charge in [0.25, 0.3) is 5.69 Å². The van der Waals surface area contributed by atoms with Crippen molar-refractivity contribution in [3.05, 3.63) is 38.4 Å². The number of aryl methyl sites for hydroxylation is 1. The van der Waals surface area contributed by atoms with Gasteiger partial charge < -0.3 is 5.73 Å². The molecule has 0 aliphatic heterocycles. The number of rotatable bonds is 3. The fourth-order valence-electron chi connectivity index (χ4n) is 1.41. The molecule has 2 N–H and O–H groups in total. The standard InChI is InChI=1S/C10H13ClN2O2/c1-6-3-10(13(14)15)9(11)5-8(6)4-7(2)12/h3,5,7H,4,12H2,1-2H3. The van der Waals surface area contributed by atoms with Crippen LogP contribution in [-0.2, 0) is 6.42 Å². The summed E-state index contributed by atoms with van der Waals surface area (Å²) in [5, 5.41) is 10.8. The summed E-state index contributed by atoms with van der Waals surface area (Å²) in [6.07, 6.45) is 0.670. The summed E-state index contributed by atoms with van der Waals surface area (Å²) >= 11 is 5.80. The Bertz CT molecular complexity index is 391. The molecule has 1 atom stereocenters. The molecule has 0 saturated carbocycles. The molecule has 0 heterocycles. The van der Waals surface area contributed by atoms with Gasteiger partial charge in [0.2, 0.25) is 0 Å². The first-order chi connectivity index (χ1) is 6.91. The molecule has 1 rings (SSSR count). The molecule has 1 aromatic rings. The zero-order chi connectivity index (χ0) is 11.6. The highest BCUT2D eigenvalue weighted by molar-refractivity contribution is 6.32. The van der Waals surface area contributed by atoms with Gasteiger partial charge in [-0.25, -0.2) is 0 Å². The zero-order valence-electron chi connectivity index (χ0n) is 8.66. The van der Waals surface area contributed by atoms with E-state index >= 15 is 0 Å². The lowest BCUT2D eigenvalue weighted by molar-refractivity contribution is -0.384. The Balaban J connectivity index is 3.13. The summed E-state index contributed by atoms with van der Waals surface area (Å²) in [5.41, 5.74) is 7.42. The topological polar surface area (TPSA) is 69.2 Å². The summed E-state index contributed by atoms with van der Waals surface area (Å²) < 4.78 is 0. The molecular weight excluding hydrogens is 216 g/mol. The van der Waals surface area contributed by atoms with E-state index in [0.717, 1.165) is 11.1 Å². The quantitative estimate of drug-likeness (QED) is 0.638. The fraction of sp³-hybridized carbons (Fsp3) is 0.400. The molecule has 5 heteroatoms. The number of hydrogen-bond donors (Lipinski definition) is 1. The van der Waals surface area contributed by atoms with Crippen LogP contribution in [0.25, 0.3) is 0 Å². The molecule has 0 fully saturated rings. The van der Waals surface area contributed by atoms with Crippen molar-refractivity contribution in [2.75, 3.05) is 0 Å². The van der Waals surface area contributed by atoms with E-state index in [1.165, 1.54) is 6.07 Å². The first-order valence-corrected chi connectivity index (χ1v) is 4.98. The molecule has 0 radical (unpaired) electrons. The van der Waals surface area contributed by atoms with E-state index in [1.807, 2.05) is 13.8 Å². The van der Waals surface area contributed by atoms with Crippen LogP contribution in [0.15, 0.2) is 12.1 Å². The van der Waals surface area contributed by atoms with Crippen molar-refractivity contribution in [1.82, 2.24) is 0 Å². The maximum Gasteiger partial charge on any atom is 0.288 e.